The lowest BCUT2D eigenvalue weighted by Gasteiger charge is -2.10. The first-order chi connectivity index (χ1) is 8.58. The van der Waals surface area contributed by atoms with E-state index in [0.717, 1.165) is 0 Å². The number of hydrogen-bond donors (Lipinski definition) is 2. The van der Waals surface area contributed by atoms with Crippen LogP contribution in [0.3, 0.4) is 0 Å². The van der Waals surface area contributed by atoms with E-state index in [-0.39, 0.29) is 5.88 Å². The summed E-state index contributed by atoms with van der Waals surface area (Å²) in [5.74, 6) is -0.611. The highest BCUT2D eigenvalue weighted by atomic mass is 16.5. The first-order valence-corrected chi connectivity index (χ1v) is 5.34. The Hall–Kier alpha value is -2.37. The number of nitrogens with zero attached hydrogens (tertiary/aromatic N) is 2. The van der Waals surface area contributed by atoms with Crippen molar-refractivity contribution in [2.75, 3.05) is 19.5 Å². The second kappa shape index (κ2) is 4.48. The molecule has 1 aromatic heterocycles. The minimum Gasteiger partial charge on any atom is -0.492 e. The zero-order valence-corrected chi connectivity index (χ0v) is 10.3. The number of esters is 1. The number of aryl methyl sites for hydroxylation is 1. The molecule has 1 heterocycles. The number of rotatable bonds is 2. The molecule has 0 amide bonds. The van der Waals surface area contributed by atoms with E-state index in [9.17, 15) is 9.90 Å². The van der Waals surface area contributed by atoms with Gasteiger partial charge in [0.05, 0.1) is 18.4 Å². The van der Waals surface area contributed by atoms with Crippen molar-refractivity contribution in [2.24, 2.45) is 0 Å². The average Bonchev–Trinajstić information content (AvgIpc) is 2.40. The minimum absolute atomic E-state index is 0.163. The highest BCUT2D eigenvalue weighted by Crippen LogP contribution is 2.30. The minimum atomic E-state index is -0.447. The van der Waals surface area contributed by atoms with Crippen molar-refractivity contribution in [1.82, 2.24) is 10.2 Å². The van der Waals surface area contributed by atoms with Gasteiger partial charge in [-0.05, 0) is 19.1 Å². The molecule has 6 heteroatoms. The lowest BCUT2D eigenvalue weighted by Crippen LogP contribution is -2.06. The molecule has 0 saturated heterocycles. The quantitative estimate of drug-likeness (QED) is 0.782. The fourth-order valence-electron chi connectivity index (χ4n) is 1.80. The van der Waals surface area contributed by atoms with Crippen LogP contribution in [0, 0.1) is 6.92 Å². The summed E-state index contributed by atoms with van der Waals surface area (Å²) in [7, 11) is 3.01. The lowest BCUT2D eigenvalue weighted by atomic mass is 10.0. The van der Waals surface area contributed by atoms with Crippen LogP contribution in [0.2, 0.25) is 0 Å². The number of aromatic nitrogens is 2. The summed E-state index contributed by atoms with van der Waals surface area (Å²) >= 11 is 0. The SMILES string of the molecule is CNc1cc2c(O)nnc(C)c2cc1C(=O)OC. The molecule has 0 aliphatic heterocycles. The third-order valence-electron chi connectivity index (χ3n) is 2.76. The van der Waals surface area contributed by atoms with Crippen LogP contribution < -0.4 is 5.32 Å². The van der Waals surface area contributed by atoms with Gasteiger partial charge in [-0.3, -0.25) is 0 Å². The maximum atomic E-state index is 11.7. The summed E-state index contributed by atoms with van der Waals surface area (Å²) in [6, 6.07) is 3.29. The van der Waals surface area contributed by atoms with Gasteiger partial charge < -0.3 is 15.2 Å². The Morgan fingerprint density at radius 1 is 1.33 bits per heavy atom. The normalized spacial score (nSPS) is 10.4. The predicted molar refractivity (Wildman–Crippen MR) is 66.8 cm³/mol. The smallest absolute Gasteiger partial charge is 0.339 e. The van der Waals surface area contributed by atoms with E-state index in [4.69, 9.17) is 4.74 Å². The van der Waals surface area contributed by atoms with Crippen LogP contribution in [0.25, 0.3) is 10.8 Å². The van der Waals surface area contributed by atoms with Gasteiger partial charge in [-0.15, -0.1) is 5.10 Å². The van der Waals surface area contributed by atoms with Crippen LogP contribution in [0.4, 0.5) is 5.69 Å². The van der Waals surface area contributed by atoms with Gasteiger partial charge in [-0.1, -0.05) is 0 Å². The molecule has 0 bridgehead atoms. The average molecular weight is 247 g/mol. The van der Waals surface area contributed by atoms with Gasteiger partial charge in [0, 0.05) is 23.5 Å². The second-order valence-corrected chi connectivity index (χ2v) is 3.79. The number of nitrogens with one attached hydrogen (secondary N) is 1. The van der Waals surface area contributed by atoms with Gasteiger partial charge >= 0.3 is 5.97 Å². The summed E-state index contributed by atoms with van der Waals surface area (Å²) in [4.78, 5) is 11.7. The van der Waals surface area contributed by atoms with Gasteiger partial charge in [-0.25, -0.2) is 4.79 Å². The molecule has 6 nitrogen and oxygen atoms in total. The monoisotopic (exact) mass is 247 g/mol. The molecule has 2 rings (SSSR count). The van der Waals surface area contributed by atoms with Crippen LogP contribution in [0.1, 0.15) is 16.1 Å². The van der Waals surface area contributed by atoms with Gasteiger partial charge in [0.2, 0.25) is 5.88 Å². The van der Waals surface area contributed by atoms with E-state index >= 15 is 0 Å². The third kappa shape index (κ3) is 1.81. The Kier molecular flexibility index (Phi) is 3.01. The summed E-state index contributed by atoms with van der Waals surface area (Å²) in [5.41, 5.74) is 1.59. The Morgan fingerprint density at radius 3 is 2.67 bits per heavy atom. The van der Waals surface area contributed by atoms with E-state index in [1.165, 1.54) is 7.11 Å². The molecule has 1 aromatic carbocycles. The molecule has 18 heavy (non-hydrogen) atoms. The third-order valence-corrected chi connectivity index (χ3v) is 2.76. The van der Waals surface area contributed by atoms with Crippen molar-refractivity contribution in [3.8, 4) is 5.88 Å². The molecule has 2 N–H and O–H groups in total. The summed E-state index contributed by atoms with van der Waals surface area (Å²) in [6.45, 7) is 1.76. The molecule has 0 saturated carbocycles. The van der Waals surface area contributed by atoms with E-state index in [1.54, 1.807) is 26.1 Å². The first kappa shape index (κ1) is 12.1. The maximum absolute atomic E-state index is 11.7. The molecule has 0 unspecified atom stereocenters. The molecule has 0 aliphatic carbocycles. The zero-order valence-electron chi connectivity index (χ0n) is 10.3. The summed E-state index contributed by atoms with van der Waals surface area (Å²) in [5, 5.41) is 21.2. The molecule has 0 spiro atoms. The van der Waals surface area contributed by atoms with Crippen molar-refractivity contribution in [1.29, 1.82) is 0 Å². The largest absolute Gasteiger partial charge is 0.492 e. The number of hydrogen-bond acceptors (Lipinski definition) is 6. The Labute approximate surface area is 104 Å². The summed E-state index contributed by atoms with van der Waals surface area (Å²) in [6.07, 6.45) is 0. The van der Waals surface area contributed by atoms with Crippen LogP contribution in [-0.2, 0) is 4.74 Å². The Morgan fingerprint density at radius 2 is 2.06 bits per heavy atom. The first-order valence-electron chi connectivity index (χ1n) is 5.34. The molecular formula is C12H13N3O3. The number of carbonyl (C=O) groups excluding carboxylic acids is 1. The number of benzene rings is 1. The summed E-state index contributed by atoms with van der Waals surface area (Å²) < 4.78 is 4.72. The van der Waals surface area contributed by atoms with Crippen molar-refractivity contribution in [3.63, 3.8) is 0 Å². The molecule has 0 aliphatic rings. The van der Waals surface area contributed by atoms with E-state index in [2.05, 4.69) is 15.5 Å². The zero-order chi connectivity index (χ0) is 13.3. The molecule has 0 radical (unpaired) electrons. The maximum Gasteiger partial charge on any atom is 0.339 e. The van der Waals surface area contributed by atoms with Crippen LogP contribution >= 0.6 is 0 Å². The van der Waals surface area contributed by atoms with Gasteiger partial charge in [0.1, 0.15) is 0 Å². The van der Waals surface area contributed by atoms with Gasteiger partial charge in [0.25, 0.3) is 0 Å². The topological polar surface area (TPSA) is 84.3 Å². The van der Waals surface area contributed by atoms with Crippen LogP contribution in [0.15, 0.2) is 12.1 Å². The number of aromatic hydroxyl groups is 1. The molecule has 0 atom stereocenters. The highest BCUT2D eigenvalue weighted by molar-refractivity contribution is 6.03. The number of ether oxygens (including phenoxy) is 1. The van der Waals surface area contributed by atoms with E-state index in [0.29, 0.717) is 27.7 Å². The van der Waals surface area contributed by atoms with Crippen molar-refractivity contribution in [2.45, 2.75) is 6.92 Å². The van der Waals surface area contributed by atoms with Crippen molar-refractivity contribution >= 4 is 22.4 Å². The number of carbonyl (C=O) groups is 1. The van der Waals surface area contributed by atoms with Gasteiger partial charge in [-0.2, -0.15) is 5.10 Å². The van der Waals surface area contributed by atoms with Crippen LogP contribution in [-0.4, -0.2) is 35.4 Å². The Balaban J connectivity index is 2.81. The van der Waals surface area contributed by atoms with Crippen molar-refractivity contribution < 1.29 is 14.6 Å². The number of fused-ring (bicyclic) bond motifs is 1. The van der Waals surface area contributed by atoms with E-state index in [1.807, 2.05) is 0 Å². The fourth-order valence-corrected chi connectivity index (χ4v) is 1.80. The van der Waals surface area contributed by atoms with Crippen LogP contribution in [0.5, 0.6) is 5.88 Å². The van der Waals surface area contributed by atoms with Crippen molar-refractivity contribution in [3.05, 3.63) is 23.4 Å². The molecule has 2 aromatic rings. The molecular weight excluding hydrogens is 234 g/mol. The van der Waals surface area contributed by atoms with Gasteiger partial charge in [0.15, 0.2) is 0 Å². The standard InChI is InChI=1S/C12H13N3O3/c1-6-7-4-9(12(17)18-3)10(13-2)5-8(7)11(16)15-14-6/h4-5,13H,1-3H3,(H,15,16). The fraction of sp³-hybridized carbons (Fsp3) is 0.250. The second-order valence-electron chi connectivity index (χ2n) is 3.79. The Bertz CT molecular complexity index is 625. The lowest BCUT2D eigenvalue weighted by molar-refractivity contribution is 0.0602. The predicted octanol–water partition coefficient (Wildman–Crippen LogP) is 1.47. The van der Waals surface area contributed by atoms with E-state index < -0.39 is 5.97 Å². The highest BCUT2D eigenvalue weighted by Gasteiger charge is 2.15. The number of methoxy groups -OCH3 is 1. The molecule has 94 valence electrons. The molecule has 0 fully saturated rings. The number of anilines is 1.